The molecule has 1 aromatic rings. The number of hydrogen-bond acceptors (Lipinski definition) is 3. The number of carbonyl (C=O) groups excluding carboxylic acids is 1. The summed E-state index contributed by atoms with van der Waals surface area (Å²) in [5.74, 6) is -0.180. The van der Waals surface area contributed by atoms with Gasteiger partial charge in [-0.15, -0.1) is 0 Å². The number of oxime groups is 1. The molecule has 0 aromatic heterocycles. The van der Waals surface area contributed by atoms with Crippen LogP contribution in [-0.2, 0) is 17.9 Å². The van der Waals surface area contributed by atoms with Crippen LogP contribution in [-0.4, -0.2) is 11.6 Å². The van der Waals surface area contributed by atoms with Crippen LogP contribution < -0.4 is 4.34 Å². The summed E-state index contributed by atoms with van der Waals surface area (Å²) < 4.78 is 2.45. The van der Waals surface area contributed by atoms with E-state index in [2.05, 4.69) is 25.6 Å². The number of nitrogens with one attached hydrogen (secondary N) is 1. The molecule has 0 aliphatic heterocycles. The van der Waals surface area contributed by atoms with E-state index < -0.39 is 0 Å². The van der Waals surface area contributed by atoms with Crippen molar-refractivity contribution in [2.75, 3.05) is 0 Å². The average molecular weight is 313 g/mol. The standard InChI is InChI=1S/C13H17BrN2O2/c1-4-10-6-5-7-11(13(17)15-14)12(10)8-18-16-9(2)3/h5-7H,4,8H2,1-3H3,(H,15,17). The molecule has 0 fully saturated rings. The van der Waals surface area contributed by atoms with E-state index in [0.717, 1.165) is 23.3 Å². The van der Waals surface area contributed by atoms with Crippen LogP contribution in [0.2, 0.25) is 0 Å². The highest BCUT2D eigenvalue weighted by Crippen LogP contribution is 2.17. The van der Waals surface area contributed by atoms with E-state index in [1.165, 1.54) is 0 Å². The van der Waals surface area contributed by atoms with Gasteiger partial charge in [0, 0.05) is 27.3 Å². The Morgan fingerprint density at radius 2 is 2.17 bits per heavy atom. The lowest BCUT2D eigenvalue weighted by Crippen LogP contribution is -2.16. The molecule has 4 nitrogen and oxygen atoms in total. The van der Waals surface area contributed by atoms with Crippen LogP contribution in [0, 0.1) is 0 Å². The first kappa shape index (κ1) is 14.7. The molecule has 0 heterocycles. The molecule has 1 aromatic carbocycles. The second kappa shape index (κ2) is 7.16. The zero-order valence-electron chi connectivity index (χ0n) is 10.8. The van der Waals surface area contributed by atoms with Gasteiger partial charge in [0.1, 0.15) is 6.61 Å². The first-order valence-corrected chi connectivity index (χ1v) is 6.54. The summed E-state index contributed by atoms with van der Waals surface area (Å²) in [6.07, 6.45) is 0.844. The van der Waals surface area contributed by atoms with E-state index in [9.17, 15) is 4.79 Å². The van der Waals surface area contributed by atoms with Crippen LogP contribution in [0.15, 0.2) is 23.4 Å². The number of benzene rings is 1. The molecule has 98 valence electrons. The van der Waals surface area contributed by atoms with E-state index in [-0.39, 0.29) is 5.91 Å². The van der Waals surface area contributed by atoms with E-state index in [1.54, 1.807) is 6.07 Å². The van der Waals surface area contributed by atoms with Gasteiger partial charge in [-0.3, -0.25) is 9.14 Å². The molecule has 1 N–H and O–H groups in total. The number of nitrogens with zero attached hydrogens (tertiary/aromatic N) is 1. The Labute approximate surface area is 116 Å². The SMILES string of the molecule is CCc1cccc(C(=O)NBr)c1CON=C(C)C. The van der Waals surface area contributed by atoms with Gasteiger partial charge < -0.3 is 4.84 Å². The Morgan fingerprint density at radius 3 is 2.72 bits per heavy atom. The van der Waals surface area contributed by atoms with Crippen LogP contribution in [0.5, 0.6) is 0 Å². The molecule has 0 spiro atoms. The predicted octanol–water partition coefficient (Wildman–Crippen LogP) is 3.20. The molecule has 5 heteroatoms. The van der Waals surface area contributed by atoms with Crippen molar-refractivity contribution in [2.24, 2.45) is 5.16 Å². The maximum atomic E-state index is 11.8. The minimum absolute atomic E-state index is 0.180. The minimum Gasteiger partial charge on any atom is -0.391 e. The number of hydrogen-bond donors (Lipinski definition) is 1. The number of halogens is 1. The molecule has 1 rings (SSSR count). The van der Waals surface area contributed by atoms with Gasteiger partial charge in [0.15, 0.2) is 0 Å². The van der Waals surface area contributed by atoms with Crippen LogP contribution >= 0.6 is 16.1 Å². The van der Waals surface area contributed by atoms with Crippen LogP contribution in [0.25, 0.3) is 0 Å². The van der Waals surface area contributed by atoms with E-state index in [0.29, 0.717) is 12.2 Å². The Bertz CT molecular complexity index is 454. The van der Waals surface area contributed by atoms with Gasteiger partial charge in [0.25, 0.3) is 5.91 Å². The van der Waals surface area contributed by atoms with Crippen LogP contribution in [0.3, 0.4) is 0 Å². The van der Waals surface area contributed by atoms with Gasteiger partial charge in [-0.2, -0.15) is 0 Å². The summed E-state index contributed by atoms with van der Waals surface area (Å²) in [6.45, 7) is 6.06. The van der Waals surface area contributed by atoms with Crippen molar-refractivity contribution >= 4 is 27.8 Å². The summed E-state index contributed by atoms with van der Waals surface area (Å²) in [4.78, 5) is 17.0. The van der Waals surface area contributed by atoms with Crippen molar-refractivity contribution in [3.05, 3.63) is 34.9 Å². The van der Waals surface area contributed by atoms with Crippen molar-refractivity contribution in [2.45, 2.75) is 33.8 Å². The lowest BCUT2D eigenvalue weighted by Gasteiger charge is -2.11. The molecule has 0 saturated heterocycles. The third kappa shape index (κ3) is 3.84. The number of carbonyl (C=O) groups is 1. The molecule has 0 unspecified atom stereocenters. The summed E-state index contributed by atoms with van der Waals surface area (Å²) >= 11 is 2.96. The van der Waals surface area contributed by atoms with E-state index in [4.69, 9.17) is 4.84 Å². The Kier molecular flexibility index (Phi) is 5.85. The smallest absolute Gasteiger partial charge is 0.261 e. The first-order valence-electron chi connectivity index (χ1n) is 5.75. The van der Waals surface area contributed by atoms with Crippen molar-refractivity contribution in [3.8, 4) is 0 Å². The fraction of sp³-hybridized carbons (Fsp3) is 0.385. The largest absolute Gasteiger partial charge is 0.391 e. The lowest BCUT2D eigenvalue weighted by molar-refractivity contribution is 0.0974. The Morgan fingerprint density at radius 1 is 1.44 bits per heavy atom. The second-order valence-electron chi connectivity index (χ2n) is 4.03. The Balaban J connectivity index is 3.04. The van der Waals surface area contributed by atoms with E-state index >= 15 is 0 Å². The lowest BCUT2D eigenvalue weighted by atomic mass is 9.99. The molecule has 0 bridgehead atoms. The van der Waals surface area contributed by atoms with Gasteiger partial charge >= 0.3 is 0 Å². The Hall–Kier alpha value is -1.36. The third-order valence-electron chi connectivity index (χ3n) is 2.44. The fourth-order valence-electron chi connectivity index (χ4n) is 1.63. The maximum absolute atomic E-state index is 11.8. The van der Waals surface area contributed by atoms with E-state index in [1.807, 2.05) is 32.9 Å². The summed E-state index contributed by atoms with van der Waals surface area (Å²) in [5.41, 5.74) is 3.42. The zero-order chi connectivity index (χ0) is 13.5. The highest BCUT2D eigenvalue weighted by molar-refractivity contribution is 9.08. The number of rotatable bonds is 5. The first-order chi connectivity index (χ1) is 8.60. The molecule has 0 radical (unpaired) electrons. The van der Waals surface area contributed by atoms with Gasteiger partial charge in [-0.25, -0.2) is 0 Å². The zero-order valence-corrected chi connectivity index (χ0v) is 12.4. The van der Waals surface area contributed by atoms with Crippen LogP contribution in [0.1, 0.15) is 42.3 Å². The van der Waals surface area contributed by atoms with Gasteiger partial charge in [-0.05, 0) is 31.9 Å². The molecule has 0 saturated carbocycles. The minimum atomic E-state index is -0.180. The van der Waals surface area contributed by atoms with Crippen molar-refractivity contribution in [3.63, 3.8) is 0 Å². The molecule has 0 aliphatic rings. The average Bonchev–Trinajstić information content (AvgIpc) is 2.37. The molecule has 0 atom stereocenters. The van der Waals surface area contributed by atoms with Crippen LogP contribution in [0.4, 0.5) is 0 Å². The summed E-state index contributed by atoms with van der Waals surface area (Å²) in [5, 5.41) is 3.89. The quantitative estimate of drug-likeness (QED) is 0.515. The molecular weight excluding hydrogens is 296 g/mol. The van der Waals surface area contributed by atoms with Gasteiger partial charge in [-0.1, -0.05) is 24.2 Å². The highest BCUT2D eigenvalue weighted by Gasteiger charge is 2.13. The fourth-order valence-corrected chi connectivity index (χ4v) is 1.84. The summed E-state index contributed by atoms with van der Waals surface area (Å²) in [7, 11) is 0. The monoisotopic (exact) mass is 312 g/mol. The summed E-state index contributed by atoms with van der Waals surface area (Å²) in [6, 6.07) is 5.64. The molecule has 18 heavy (non-hydrogen) atoms. The van der Waals surface area contributed by atoms with Gasteiger partial charge in [0.2, 0.25) is 0 Å². The molecule has 0 aliphatic carbocycles. The topological polar surface area (TPSA) is 50.7 Å². The molecule has 1 amide bonds. The third-order valence-corrected chi connectivity index (χ3v) is 2.80. The number of amides is 1. The molecular formula is C13H17BrN2O2. The van der Waals surface area contributed by atoms with Crippen molar-refractivity contribution in [1.29, 1.82) is 0 Å². The second-order valence-corrected chi connectivity index (χ2v) is 4.43. The maximum Gasteiger partial charge on any atom is 0.261 e. The van der Waals surface area contributed by atoms with Crippen molar-refractivity contribution in [1.82, 2.24) is 4.34 Å². The highest BCUT2D eigenvalue weighted by atomic mass is 79.9. The van der Waals surface area contributed by atoms with Gasteiger partial charge in [0.05, 0.1) is 5.71 Å². The normalized spacial score (nSPS) is 9.78. The number of aryl methyl sites for hydroxylation is 1. The predicted molar refractivity (Wildman–Crippen MR) is 75.8 cm³/mol. The van der Waals surface area contributed by atoms with Crippen molar-refractivity contribution < 1.29 is 9.63 Å².